The third-order valence-electron chi connectivity index (χ3n) is 1.82. The molecule has 0 aliphatic carbocycles. The Hall–Kier alpha value is -0.533. The van der Waals surface area contributed by atoms with Crippen molar-refractivity contribution in [1.82, 2.24) is 0 Å². The number of allylic oxidation sites excluding steroid dienone is 1. The highest BCUT2D eigenvalue weighted by molar-refractivity contribution is 7.29. The van der Waals surface area contributed by atoms with Gasteiger partial charge in [-0.1, -0.05) is 42.1 Å². The Kier molecular flexibility index (Phi) is 3.12. The van der Waals surface area contributed by atoms with Crippen LogP contribution in [-0.4, -0.2) is 7.38 Å². The normalized spacial score (nSPS) is 16.2. The first kappa shape index (κ1) is 9.55. The van der Waals surface area contributed by atoms with Crippen molar-refractivity contribution < 1.29 is 0 Å². The monoisotopic (exact) mass is 196 g/mol. The molecule has 1 unspecified atom stereocenters. The molecular formula is C10H13ClSi. The molecule has 0 aromatic heterocycles. The van der Waals surface area contributed by atoms with E-state index in [0.29, 0.717) is 0 Å². The van der Waals surface area contributed by atoms with Gasteiger partial charge in [-0.15, -0.1) is 0 Å². The maximum atomic E-state index is 6.41. The fraction of sp³-hybridized carbons (Fsp3) is 0.200. The van der Waals surface area contributed by atoms with Crippen LogP contribution in [0.2, 0.25) is 6.55 Å². The molecule has 0 saturated heterocycles. The lowest BCUT2D eigenvalue weighted by Gasteiger charge is -2.14. The lowest BCUT2D eigenvalue weighted by atomic mass is 10.4. The number of rotatable bonds is 2. The molecule has 2 heteroatoms. The molecule has 0 saturated carbocycles. The maximum absolute atomic E-state index is 6.41. The molecule has 1 aromatic rings. The summed E-state index contributed by atoms with van der Waals surface area (Å²) in [7, 11) is -1.79. The van der Waals surface area contributed by atoms with Gasteiger partial charge in [-0.3, -0.25) is 0 Å². The predicted molar refractivity (Wildman–Crippen MR) is 58.4 cm³/mol. The average Bonchev–Trinajstić information content (AvgIpc) is 2.06. The van der Waals surface area contributed by atoms with Gasteiger partial charge >= 0.3 is 0 Å². The molecule has 1 atom stereocenters. The van der Waals surface area contributed by atoms with Crippen LogP contribution in [0.5, 0.6) is 0 Å². The quantitative estimate of drug-likeness (QED) is 0.504. The fourth-order valence-corrected chi connectivity index (χ4v) is 3.59. The first-order valence-electron chi connectivity index (χ1n) is 4.05. The maximum Gasteiger partial charge on any atom is 0.206 e. The number of halogens is 1. The zero-order valence-corrected chi connectivity index (χ0v) is 9.18. The van der Waals surface area contributed by atoms with Crippen LogP contribution < -0.4 is 5.19 Å². The lowest BCUT2D eigenvalue weighted by molar-refractivity contribution is 1.72. The van der Waals surface area contributed by atoms with Gasteiger partial charge in [0, 0.05) is 0 Å². The van der Waals surface area contributed by atoms with E-state index in [1.54, 1.807) is 0 Å². The van der Waals surface area contributed by atoms with Crippen molar-refractivity contribution in [3.05, 3.63) is 42.1 Å². The van der Waals surface area contributed by atoms with E-state index in [2.05, 4.69) is 24.4 Å². The molecule has 0 heterocycles. The first-order valence-corrected chi connectivity index (χ1v) is 7.64. The first-order chi connectivity index (χ1) is 5.67. The Labute approximate surface area is 79.6 Å². The molecule has 0 amide bonds. The summed E-state index contributed by atoms with van der Waals surface area (Å²) in [6.07, 6.45) is 2.03. The molecule has 0 bridgehead atoms. The van der Waals surface area contributed by atoms with E-state index in [1.807, 2.05) is 31.2 Å². The Morgan fingerprint density at radius 2 is 1.83 bits per heavy atom. The van der Waals surface area contributed by atoms with Gasteiger partial charge in [0.1, 0.15) is 0 Å². The highest BCUT2D eigenvalue weighted by Gasteiger charge is 2.22. The SMILES string of the molecule is CC=C[Si](C)(Cl)c1ccccc1. The minimum atomic E-state index is -1.79. The Morgan fingerprint density at radius 3 is 2.33 bits per heavy atom. The van der Waals surface area contributed by atoms with Gasteiger partial charge in [-0.25, -0.2) is 0 Å². The van der Waals surface area contributed by atoms with Crippen LogP contribution in [0.3, 0.4) is 0 Å². The van der Waals surface area contributed by atoms with Gasteiger partial charge in [-0.2, -0.15) is 11.1 Å². The van der Waals surface area contributed by atoms with Crippen molar-refractivity contribution in [2.24, 2.45) is 0 Å². The largest absolute Gasteiger partial charge is 0.206 e. The number of hydrogen-bond donors (Lipinski definition) is 0. The van der Waals surface area contributed by atoms with Crippen LogP contribution in [0.25, 0.3) is 0 Å². The van der Waals surface area contributed by atoms with Gasteiger partial charge in [0.25, 0.3) is 0 Å². The second kappa shape index (κ2) is 3.92. The van der Waals surface area contributed by atoms with Crippen molar-refractivity contribution in [1.29, 1.82) is 0 Å². The van der Waals surface area contributed by atoms with Gasteiger partial charge in [0.2, 0.25) is 7.38 Å². The molecule has 0 radical (unpaired) electrons. The summed E-state index contributed by atoms with van der Waals surface area (Å²) < 4.78 is 0. The van der Waals surface area contributed by atoms with Gasteiger partial charge in [0.05, 0.1) is 0 Å². The van der Waals surface area contributed by atoms with E-state index >= 15 is 0 Å². The number of hydrogen-bond acceptors (Lipinski definition) is 0. The van der Waals surface area contributed by atoms with E-state index in [9.17, 15) is 0 Å². The minimum Gasteiger partial charge on any atom is -0.156 e. The Bertz CT molecular complexity index is 264. The van der Waals surface area contributed by atoms with Crippen molar-refractivity contribution in [2.45, 2.75) is 13.5 Å². The van der Waals surface area contributed by atoms with Crippen LogP contribution in [0, 0.1) is 0 Å². The van der Waals surface area contributed by atoms with Crippen LogP contribution in [0.4, 0.5) is 0 Å². The van der Waals surface area contributed by atoms with Crippen LogP contribution in [0.15, 0.2) is 42.1 Å². The predicted octanol–water partition coefficient (Wildman–Crippen LogP) is 2.82. The lowest BCUT2D eigenvalue weighted by Crippen LogP contribution is -2.36. The molecule has 0 aliphatic rings. The zero-order chi connectivity index (χ0) is 9.03. The third kappa shape index (κ3) is 2.22. The van der Waals surface area contributed by atoms with Crippen molar-refractivity contribution in [2.75, 3.05) is 0 Å². The van der Waals surface area contributed by atoms with Crippen LogP contribution in [0.1, 0.15) is 6.92 Å². The molecule has 1 rings (SSSR count). The van der Waals surface area contributed by atoms with Gasteiger partial charge in [0.15, 0.2) is 0 Å². The van der Waals surface area contributed by atoms with E-state index in [0.717, 1.165) is 0 Å². The fourth-order valence-electron chi connectivity index (χ4n) is 1.17. The average molecular weight is 197 g/mol. The van der Waals surface area contributed by atoms with Gasteiger partial charge in [-0.05, 0) is 18.7 Å². The smallest absolute Gasteiger partial charge is 0.156 e. The second-order valence-electron chi connectivity index (χ2n) is 2.94. The Balaban J connectivity index is 2.97. The second-order valence-corrected chi connectivity index (χ2v) is 8.36. The molecule has 0 N–H and O–H groups in total. The van der Waals surface area contributed by atoms with Crippen molar-refractivity contribution in [3.63, 3.8) is 0 Å². The number of benzene rings is 1. The molecular weight excluding hydrogens is 184 g/mol. The summed E-state index contributed by atoms with van der Waals surface area (Å²) in [4.78, 5) is 0. The van der Waals surface area contributed by atoms with Crippen molar-refractivity contribution in [3.8, 4) is 0 Å². The van der Waals surface area contributed by atoms with E-state index in [-0.39, 0.29) is 0 Å². The van der Waals surface area contributed by atoms with E-state index in [1.165, 1.54) is 5.19 Å². The van der Waals surface area contributed by atoms with Crippen molar-refractivity contribution >= 4 is 23.6 Å². The molecule has 12 heavy (non-hydrogen) atoms. The zero-order valence-electron chi connectivity index (χ0n) is 7.42. The summed E-state index contributed by atoms with van der Waals surface area (Å²) >= 11 is 6.41. The highest BCUT2D eigenvalue weighted by atomic mass is 35.6. The highest BCUT2D eigenvalue weighted by Crippen LogP contribution is 2.10. The molecule has 1 aromatic carbocycles. The topological polar surface area (TPSA) is 0 Å². The third-order valence-corrected chi connectivity index (χ3v) is 5.27. The molecule has 0 aliphatic heterocycles. The molecule has 0 nitrogen and oxygen atoms in total. The van der Waals surface area contributed by atoms with Gasteiger partial charge < -0.3 is 0 Å². The van der Waals surface area contributed by atoms with E-state index < -0.39 is 7.38 Å². The summed E-state index contributed by atoms with van der Waals surface area (Å²) in [5.74, 6) is 0. The summed E-state index contributed by atoms with van der Waals surface area (Å²) in [6.45, 7) is 4.14. The minimum absolute atomic E-state index is 1.27. The van der Waals surface area contributed by atoms with Crippen LogP contribution in [-0.2, 0) is 0 Å². The molecule has 0 spiro atoms. The summed E-state index contributed by atoms with van der Waals surface area (Å²) in [6, 6.07) is 10.3. The molecule has 0 fully saturated rings. The molecule has 64 valence electrons. The Morgan fingerprint density at radius 1 is 1.25 bits per heavy atom. The van der Waals surface area contributed by atoms with Crippen LogP contribution >= 0.6 is 11.1 Å². The standard InChI is InChI=1S/C10H13ClSi/c1-3-9-12(2,11)10-7-5-4-6-8-10/h3-9H,1-2H3. The summed E-state index contributed by atoms with van der Waals surface area (Å²) in [5, 5.41) is 1.27. The van der Waals surface area contributed by atoms with E-state index in [4.69, 9.17) is 11.1 Å². The summed E-state index contributed by atoms with van der Waals surface area (Å²) in [5.41, 5.74) is 2.13.